The molecule has 2 heterocycles. The highest BCUT2D eigenvalue weighted by molar-refractivity contribution is 5.76. The number of nitrogens with zero attached hydrogens (tertiary/aromatic N) is 4. The van der Waals surface area contributed by atoms with Gasteiger partial charge in [-0.2, -0.15) is 0 Å². The minimum atomic E-state index is 0.328. The number of hydrogen-bond donors (Lipinski definition) is 0. The molecule has 3 aromatic carbocycles. The lowest BCUT2D eigenvalue weighted by molar-refractivity contribution is 0.110. The molecule has 170 valence electrons. The lowest BCUT2D eigenvalue weighted by atomic mass is 9.96. The van der Waals surface area contributed by atoms with Crippen molar-refractivity contribution in [3.8, 4) is 0 Å². The summed E-state index contributed by atoms with van der Waals surface area (Å²) in [4.78, 5) is 10.0. The molecule has 0 atom stereocenters. The molecule has 1 fully saturated rings. The maximum Gasteiger partial charge on any atom is 0.106 e. The molecule has 0 aliphatic carbocycles. The number of aryl methyl sites for hydroxylation is 2. The van der Waals surface area contributed by atoms with Crippen LogP contribution in [0.3, 0.4) is 0 Å². The Hall–Kier alpha value is -2.95. The molecule has 0 unspecified atom stereocenters. The van der Waals surface area contributed by atoms with E-state index in [0.717, 1.165) is 57.0 Å². The van der Waals surface area contributed by atoms with E-state index in [0.29, 0.717) is 6.04 Å². The third kappa shape index (κ3) is 4.73. The molecule has 5 rings (SSSR count). The smallest absolute Gasteiger partial charge is 0.106 e. The summed E-state index contributed by atoms with van der Waals surface area (Å²) in [6.45, 7) is 10.8. The van der Waals surface area contributed by atoms with Crippen LogP contribution in [-0.2, 0) is 13.0 Å². The fraction of sp³-hybridized carbons (Fsp3) is 0.345. The molecule has 4 heteroatoms. The van der Waals surface area contributed by atoms with Gasteiger partial charge in [0.15, 0.2) is 0 Å². The van der Waals surface area contributed by atoms with Crippen LogP contribution in [0.1, 0.15) is 35.5 Å². The topological polar surface area (TPSA) is 24.3 Å². The van der Waals surface area contributed by atoms with Crippen LogP contribution in [-0.4, -0.2) is 52.1 Å². The first-order chi connectivity index (χ1) is 16.2. The molecular formula is C29H34N4. The van der Waals surface area contributed by atoms with Gasteiger partial charge in [-0.05, 0) is 49.1 Å². The van der Waals surface area contributed by atoms with Gasteiger partial charge in [-0.1, -0.05) is 66.7 Å². The number of aromatic nitrogens is 2. The Kier molecular flexibility index (Phi) is 6.56. The van der Waals surface area contributed by atoms with Gasteiger partial charge < -0.3 is 9.47 Å². The van der Waals surface area contributed by atoms with E-state index in [-0.39, 0.29) is 0 Å². The van der Waals surface area contributed by atoms with Crippen molar-refractivity contribution in [3.05, 3.63) is 101 Å². The van der Waals surface area contributed by atoms with E-state index in [1.807, 2.05) is 0 Å². The average Bonchev–Trinajstić information content (AvgIpc) is 3.19. The zero-order chi connectivity index (χ0) is 22.6. The Balaban J connectivity index is 1.23. The maximum atomic E-state index is 4.77. The minimum Gasteiger partial charge on any atom is -0.329 e. The molecule has 1 saturated heterocycles. The summed E-state index contributed by atoms with van der Waals surface area (Å²) in [5, 5.41) is 0. The monoisotopic (exact) mass is 438 g/mol. The van der Waals surface area contributed by atoms with Crippen LogP contribution in [0, 0.1) is 6.92 Å². The number of fused-ring (bicyclic) bond motifs is 1. The molecule has 0 amide bonds. The molecule has 0 N–H and O–H groups in total. The number of hydrogen-bond acceptors (Lipinski definition) is 3. The molecule has 4 nitrogen and oxygen atoms in total. The van der Waals surface area contributed by atoms with E-state index in [2.05, 4.69) is 107 Å². The normalized spacial score (nSPS) is 15.5. The Bertz CT molecular complexity index is 1130. The van der Waals surface area contributed by atoms with Crippen molar-refractivity contribution >= 4 is 11.0 Å². The number of rotatable bonds is 7. The SMILES string of the molecule is CCn1c(C)nc2cc(CCN3CCN(C(c4ccccc4)c4ccccc4)CC3)ccc21. The van der Waals surface area contributed by atoms with Gasteiger partial charge in [-0.3, -0.25) is 4.90 Å². The van der Waals surface area contributed by atoms with Crippen LogP contribution in [0.2, 0.25) is 0 Å². The van der Waals surface area contributed by atoms with Crippen LogP contribution in [0.5, 0.6) is 0 Å². The predicted molar refractivity (Wildman–Crippen MR) is 137 cm³/mol. The molecule has 0 spiro atoms. The molecule has 1 aliphatic rings. The Morgan fingerprint density at radius 3 is 2.06 bits per heavy atom. The fourth-order valence-corrected chi connectivity index (χ4v) is 5.27. The van der Waals surface area contributed by atoms with Gasteiger partial charge in [0.05, 0.1) is 17.1 Å². The minimum absolute atomic E-state index is 0.328. The molecule has 4 aromatic rings. The Morgan fingerprint density at radius 1 is 0.818 bits per heavy atom. The second-order valence-electron chi connectivity index (χ2n) is 9.08. The van der Waals surface area contributed by atoms with Crippen LogP contribution < -0.4 is 0 Å². The van der Waals surface area contributed by atoms with Gasteiger partial charge in [0.2, 0.25) is 0 Å². The fourth-order valence-electron chi connectivity index (χ4n) is 5.27. The molecule has 1 aromatic heterocycles. The first kappa shape index (κ1) is 21.9. The van der Waals surface area contributed by atoms with Crippen molar-refractivity contribution in [2.24, 2.45) is 0 Å². The van der Waals surface area contributed by atoms with Crippen molar-refractivity contribution in [1.82, 2.24) is 19.4 Å². The third-order valence-electron chi connectivity index (χ3n) is 7.04. The lowest BCUT2D eigenvalue weighted by Crippen LogP contribution is -2.48. The molecule has 33 heavy (non-hydrogen) atoms. The van der Waals surface area contributed by atoms with E-state index in [9.17, 15) is 0 Å². The third-order valence-corrected chi connectivity index (χ3v) is 7.04. The zero-order valence-corrected chi connectivity index (χ0v) is 19.8. The number of benzene rings is 3. The highest BCUT2D eigenvalue weighted by atomic mass is 15.3. The van der Waals surface area contributed by atoms with Gasteiger partial charge in [0.1, 0.15) is 5.82 Å². The van der Waals surface area contributed by atoms with Crippen LogP contribution in [0.25, 0.3) is 11.0 Å². The Morgan fingerprint density at radius 2 is 1.45 bits per heavy atom. The van der Waals surface area contributed by atoms with Crippen molar-refractivity contribution in [3.63, 3.8) is 0 Å². The van der Waals surface area contributed by atoms with Gasteiger partial charge in [0, 0.05) is 39.3 Å². The van der Waals surface area contributed by atoms with E-state index < -0.39 is 0 Å². The van der Waals surface area contributed by atoms with Crippen molar-refractivity contribution in [2.45, 2.75) is 32.9 Å². The lowest BCUT2D eigenvalue weighted by Gasteiger charge is -2.39. The van der Waals surface area contributed by atoms with Gasteiger partial charge in [0.25, 0.3) is 0 Å². The van der Waals surface area contributed by atoms with Crippen LogP contribution >= 0.6 is 0 Å². The second-order valence-corrected chi connectivity index (χ2v) is 9.08. The zero-order valence-electron chi connectivity index (χ0n) is 19.8. The highest BCUT2D eigenvalue weighted by Gasteiger charge is 2.26. The summed E-state index contributed by atoms with van der Waals surface area (Å²) in [7, 11) is 0. The average molecular weight is 439 g/mol. The van der Waals surface area contributed by atoms with Gasteiger partial charge in [-0.15, -0.1) is 0 Å². The molecule has 0 saturated carbocycles. The summed E-state index contributed by atoms with van der Waals surface area (Å²) < 4.78 is 2.29. The summed E-state index contributed by atoms with van der Waals surface area (Å²) in [6.07, 6.45) is 1.08. The Labute approximate surface area is 197 Å². The molecular weight excluding hydrogens is 404 g/mol. The summed E-state index contributed by atoms with van der Waals surface area (Å²) in [6, 6.07) is 29.0. The highest BCUT2D eigenvalue weighted by Crippen LogP contribution is 2.29. The van der Waals surface area contributed by atoms with E-state index >= 15 is 0 Å². The number of piperazine rings is 1. The largest absolute Gasteiger partial charge is 0.329 e. The standard InChI is InChI=1S/C29H34N4/c1-3-33-23(2)30-27-22-24(14-15-28(27)33)16-17-31-18-20-32(21-19-31)29(25-10-6-4-7-11-25)26-12-8-5-9-13-26/h4-15,22,29H,3,16-21H2,1-2H3. The van der Waals surface area contributed by atoms with E-state index in [4.69, 9.17) is 4.98 Å². The summed E-state index contributed by atoms with van der Waals surface area (Å²) >= 11 is 0. The second kappa shape index (κ2) is 9.90. The number of imidazole rings is 1. The van der Waals surface area contributed by atoms with Crippen molar-refractivity contribution in [2.75, 3.05) is 32.7 Å². The summed E-state index contributed by atoms with van der Waals surface area (Å²) in [5.74, 6) is 1.10. The van der Waals surface area contributed by atoms with E-state index in [1.54, 1.807) is 0 Å². The van der Waals surface area contributed by atoms with Gasteiger partial charge in [-0.25, -0.2) is 4.98 Å². The summed E-state index contributed by atoms with van der Waals surface area (Å²) in [5.41, 5.74) is 6.53. The molecule has 0 bridgehead atoms. The van der Waals surface area contributed by atoms with Crippen LogP contribution in [0.4, 0.5) is 0 Å². The maximum absolute atomic E-state index is 4.77. The van der Waals surface area contributed by atoms with Crippen molar-refractivity contribution < 1.29 is 0 Å². The van der Waals surface area contributed by atoms with Crippen LogP contribution in [0.15, 0.2) is 78.9 Å². The van der Waals surface area contributed by atoms with E-state index in [1.165, 1.54) is 22.2 Å². The predicted octanol–water partition coefficient (Wildman–Crippen LogP) is 5.31. The molecule has 0 radical (unpaired) electrons. The first-order valence-corrected chi connectivity index (χ1v) is 12.2. The molecule has 1 aliphatic heterocycles. The quantitative estimate of drug-likeness (QED) is 0.391. The van der Waals surface area contributed by atoms with Gasteiger partial charge >= 0.3 is 0 Å². The van der Waals surface area contributed by atoms with Crippen molar-refractivity contribution in [1.29, 1.82) is 0 Å². The first-order valence-electron chi connectivity index (χ1n) is 12.2.